The van der Waals surface area contributed by atoms with Gasteiger partial charge in [-0.2, -0.15) is 5.10 Å². The number of aromatic amines is 1. The van der Waals surface area contributed by atoms with Gasteiger partial charge in [0.2, 0.25) is 0 Å². The molecule has 0 aliphatic carbocycles. The van der Waals surface area contributed by atoms with E-state index in [1.807, 2.05) is 35.2 Å². The molecule has 7 heteroatoms. The highest BCUT2D eigenvalue weighted by Crippen LogP contribution is 2.35. The number of likely N-dealkylation sites (tertiary alicyclic amines) is 1. The van der Waals surface area contributed by atoms with Gasteiger partial charge < -0.3 is 14.4 Å². The third kappa shape index (κ3) is 3.66. The molecule has 1 N–H and O–H groups in total. The van der Waals surface area contributed by atoms with E-state index in [1.54, 1.807) is 31.6 Å². The summed E-state index contributed by atoms with van der Waals surface area (Å²) in [6, 6.07) is 12.7. The number of hydrogen-bond donors (Lipinski definition) is 1. The number of ether oxygens (including phenoxy) is 2. The van der Waals surface area contributed by atoms with Gasteiger partial charge in [-0.1, -0.05) is 12.1 Å². The summed E-state index contributed by atoms with van der Waals surface area (Å²) in [7, 11) is 2.95. The van der Waals surface area contributed by atoms with Crippen LogP contribution >= 0.6 is 0 Å². The number of hydrogen-bond acceptors (Lipinski definition) is 5. The molecule has 1 unspecified atom stereocenters. The Labute approximate surface area is 174 Å². The molecule has 2 aromatic carbocycles. The van der Waals surface area contributed by atoms with Crippen LogP contribution in [0.25, 0.3) is 11.1 Å². The number of methoxy groups -OCH3 is 2. The highest BCUT2D eigenvalue weighted by Gasteiger charge is 2.31. The van der Waals surface area contributed by atoms with E-state index in [1.165, 1.54) is 7.11 Å². The molecular weight excluding hydrogens is 382 g/mol. The monoisotopic (exact) mass is 405 g/mol. The molecule has 2 heterocycles. The summed E-state index contributed by atoms with van der Waals surface area (Å²) < 4.78 is 10.3. The third-order valence-electron chi connectivity index (χ3n) is 5.46. The van der Waals surface area contributed by atoms with Crippen LogP contribution in [0.4, 0.5) is 0 Å². The maximum absolute atomic E-state index is 13.3. The van der Waals surface area contributed by atoms with Crippen LogP contribution in [-0.4, -0.2) is 47.7 Å². The quantitative estimate of drug-likeness (QED) is 0.652. The number of nitrogens with one attached hydrogen (secondary N) is 1. The molecule has 1 atom stereocenters. The fourth-order valence-electron chi connectivity index (χ4n) is 3.97. The number of aromatic nitrogens is 2. The SMILES string of the molecule is COC(=O)c1cccc(C2CCCN2C(=O)c2ccc(-c3cn[nH]c3)c(OC)c2)c1. The second-order valence-corrected chi connectivity index (χ2v) is 7.18. The van der Waals surface area contributed by atoms with Gasteiger partial charge in [0.25, 0.3) is 5.91 Å². The van der Waals surface area contributed by atoms with Gasteiger partial charge in [-0.25, -0.2) is 4.79 Å². The number of nitrogens with zero attached hydrogens (tertiary/aromatic N) is 2. The first-order chi connectivity index (χ1) is 14.6. The molecule has 30 heavy (non-hydrogen) atoms. The van der Waals surface area contributed by atoms with Crippen molar-refractivity contribution >= 4 is 11.9 Å². The van der Waals surface area contributed by atoms with E-state index < -0.39 is 0 Å². The predicted molar refractivity (Wildman–Crippen MR) is 111 cm³/mol. The molecule has 1 aromatic heterocycles. The predicted octanol–water partition coefficient (Wildman–Crippen LogP) is 3.85. The van der Waals surface area contributed by atoms with Crippen LogP contribution in [0.1, 0.15) is 45.2 Å². The zero-order chi connectivity index (χ0) is 21.1. The molecule has 0 radical (unpaired) electrons. The lowest BCUT2D eigenvalue weighted by atomic mass is 10.0. The van der Waals surface area contributed by atoms with Gasteiger partial charge in [-0.15, -0.1) is 0 Å². The number of amides is 1. The lowest BCUT2D eigenvalue weighted by Crippen LogP contribution is -2.30. The molecule has 1 saturated heterocycles. The summed E-state index contributed by atoms with van der Waals surface area (Å²) in [5.74, 6) is 0.177. The lowest BCUT2D eigenvalue weighted by Gasteiger charge is -2.26. The lowest BCUT2D eigenvalue weighted by molar-refractivity contribution is 0.0600. The van der Waals surface area contributed by atoms with Crippen molar-refractivity contribution in [2.45, 2.75) is 18.9 Å². The van der Waals surface area contributed by atoms with Crippen molar-refractivity contribution in [3.8, 4) is 16.9 Å². The molecule has 0 bridgehead atoms. The normalized spacial score (nSPS) is 15.8. The number of benzene rings is 2. The smallest absolute Gasteiger partial charge is 0.337 e. The summed E-state index contributed by atoms with van der Waals surface area (Å²) >= 11 is 0. The van der Waals surface area contributed by atoms with Crippen molar-refractivity contribution in [2.24, 2.45) is 0 Å². The first kappa shape index (κ1) is 19.7. The molecule has 154 valence electrons. The van der Waals surface area contributed by atoms with E-state index in [0.717, 1.165) is 29.5 Å². The van der Waals surface area contributed by atoms with Crippen LogP contribution in [0.2, 0.25) is 0 Å². The molecule has 3 aromatic rings. The fraction of sp³-hybridized carbons (Fsp3) is 0.261. The minimum atomic E-state index is -0.382. The van der Waals surface area contributed by atoms with Crippen LogP contribution in [0.5, 0.6) is 5.75 Å². The minimum absolute atomic E-state index is 0.0574. The van der Waals surface area contributed by atoms with Gasteiger partial charge in [0.15, 0.2) is 0 Å². The number of H-pyrrole nitrogens is 1. The summed E-state index contributed by atoms with van der Waals surface area (Å²) in [6.07, 6.45) is 5.25. The second kappa shape index (κ2) is 8.41. The summed E-state index contributed by atoms with van der Waals surface area (Å²) in [5.41, 5.74) is 3.75. The van der Waals surface area contributed by atoms with Gasteiger partial charge in [-0.3, -0.25) is 9.89 Å². The Balaban J connectivity index is 1.62. The van der Waals surface area contributed by atoms with Crippen molar-refractivity contribution in [2.75, 3.05) is 20.8 Å². The topological polar surface area (TPSA) is 84.5 Å². The number of carbonyl (C=O) groups excluding carboxylic acids is 2. The van der Waals surface area contributed by atoms with Crippen LogP contribution in [-0.2, 0) is 4.74 Å². The average molecular weight is 405 g/mol. The molecule has 0 spiro atoms. The van der Waals surface area contributed by atoms with Crippen LogP contribution in [0, 0.1) is 0 Å². The Bertz CT molecular complexity index is 1060. The zero-order valence-electron chi connectivity index (χ0n) is 16.9. The first-order valence-electron chi connectivity index (χ1n) is 9.79. The molecule has 1 fully saturated rings. The maximum Gasteiger partial charge on any atom is 0.337 e. The van der Waals surface area contributed by atoms with Gasteiger partial charge in [0.05, 0.1) is 32.0 Å². The van der Waals surface area contributed by atoms with E-state index in [4.69, 9.17) is 9.47 Å². The highest BCUT2D eigenvalue weighted by molar-refractivity contribution is 5.96. The summed E-state index contributed by atoms with van der Waals surface area (Å²) in [4.78, 5) is 27.1. The first-order valence-corrected chi connectivity index (χ1v) is 9.79. The van der Waals surface area contributed by atoms with E-state index in [-0.39, 0.29) is 17.9 Å². The molecule has 1 aliphatic heterocycles. The van der Waals surface area contributed by atoms with Crippen molar-refractivity contribution < 1.29 is 19.1 Å². The molecular formula is C23H23N3O4. The van der Waals surface area contributed by atoms with Crippen LogP contribution < -0.4 is 4.74 Å². The average Bonchev–Trinajstić information content (AvgIpc) is 3.50. The molecule has 1 aliphatic rings. The Hall–Kier alpha value is -3.61. The fourth-order valence-corrected chi connectivity index (χ4v) is 3.97. The Morgan fingerprint density at radius 1 is 1.13 bits per heavy atom. The number of rotatable bonds is 5. The molecule has 7 nitrogen and oxygen atoms in total. The standard InChI is InChI=1S/C23H23N3O4/c1-29-21-12-16(8-9-19(21)18-13-24-25-14-18)22(27)26-10-4-7-20(26)15-5-3-6-17(11-15)23(28)30-2/h3,5-6,8-9,11-14,20H,4,7,10H2,1-2H3,(H,24,25). The third-order valence-corrected chi connectivity index (χ3v) is 5.46. The molecule has 0 saturated carbocycles. The second-order valence-electron chi connectivity index (χ2n) is 7.18. The van der Waals surface area contributed by atoms with Gasteiger partial charge >= 0.3 is 5.97 Å². The van der Waals surface area contributed by atoms with E-state index in [9.17, 15) is 9.59 Å². The van der Waals surface area contributed by atoms with E-state index in [0.29, 0.717) is 23.4 Å². The Morgan fingerprint density at radius 2 is 2.00 bits per heavy atom. The Morgan fingerprint density at radius 3 is 2.73 bits per heavy atom. The highest BCUT2D eigenvalue weighted by atomic mass is 16.5. The largest absolute Gasteiger partial charge is 0.496 e. The van der Waals surface area contributed by atoms with Gasteiger partial charge in [0, 0.05) is 29.4 Å². The summed E-state index contributed by atoms with van der Waals surface area (Å²) in [6.45, 7) is 0.664. The van der Waals surface area contributed by atoms with Crippen LogP contribution in [0.3, 0.4) is 0 Å². The van der Waals surface area contributed by atoms with Crippen molar-refractivity contribution in [1.82, 2.24) is 15.1 Å². The molecule has 4 rings (SSSR count). The maximum atomic E-state index is 13.3. The van der Waals surface area contributed by atoms with Gasteiger partial charge in [-0.05, 0) is 48.7 Å². The summed E-state index contributed by atoms with van der Waals surface area (Å²) in [5, 5.41) is 6.76. The van der Waals surface area contributed by atoms with Crippen molar-refractivity contribution in [3.63, 3.8) is 0 Å². The van der Waals surface area contributed by atoms with Crippen molar-refractivity contribution in [1.29, 1.82) is 0 Å². The van der Waals surface area contributed by atoms with E-state index >= 15 is 0 Å². The van der Waals surface area contributed by atoms with Gasteiger partial charge in [0.1, 0.15) is 5.75 Å². The molecule has 1 amide bonds. The number of carbonyl (C=O) groups is 2. The van der Waals surface area contributed by atoms with E-state index in [2.05, 4.69) is 10.2 Å². The van der Waals surface area contributed by atoms with Crippen molar-refractivity contribution in [3.05, 3.63) is 71.5 Å². The Kier molecular flexibility index (Phi) is 5.52. The number of esters is 1. The zero-order valence-corrected chi connectivity index (χ0v) is 16.9. The minimum Gasteiger partial charge on any atom is -0.496 e. The van der Waals surface area contributed by atoms with Crippen LogP contribution in [0.15, 0.2) is 54.9 Å².